The Morgan fingerprint density at radius 2 is 1.27 bits per heavy atom. The van der Waals surface area contributed by atoms with Gasteiger partial charge in [-0.25, -0.2) is 0 Å². The van der Waals surface area contributed by atoms with Gasteiger partial charge in [0.05, 0.1) is 85.5 Å². The van der Waals surface area contributed by atoms with E-state index in [1.807, 2.05) is 66.5 Å². The van der Waals surface area contributed by atoms with Crippen LogP contribution in [0.15, 0.2) is 85.1 Å². The number of nitrogens with two attached hydrogens (primary N) is 2. The van der Waals surface area contributed by atoms with Crippen molar-refractivity contribution in [3.63, 3.8) is 0 Å². The van der Waals surface area contributed by atoms with E-state index in [1.165, 1.54) is 0 Å². The minimum absolute atomic E-state index is 0.0922. The van der Waals surface area contributed by atoms with Crippen LogP contribution < -0.4 is 16.8 Å². The summed E-state index contributed by atoms with van der Waals surface area (Å²) in [7, 11) is 0. The normalized spacial score (nSPS) is 39.6. The van der Waals surface area contributed by atoms with E-state index in [4.69, 9.17) is 30.4 Å². The zero-order valence-corrected chi connectivity index (χ0v) is 47.4. The van der Waals surface area contributed by atoms with Gasteiger partial charge < -0.3 is 86.8 Å². The summed E-state index contributed by atoms with van der Waals surface area (Å²) in [5.41, 5.74) is 11.8. The Morgan fingerprint density at radius 1 is 0.671 bits per heavy atom. The van der Waals surface area contributed by atoms with Gasteiger partial charge in [-0.05, 0) is 78.6 Å². The lowest BCUT2D eigenvalue weighted by atomic mass is 9.82. The highest BCUT2D eigenvalue weighted by Crippen LogP contribution is 2.38. The van der Waals surface area contributed by atoms with Gasteiger partial charge in [-0.15, -0.1) is 0 Å². The van der Waals surface area contributed by atoms with Crippen LogP contribution in [0, 0.1) is 17.8 Å². The smallest absolute Gasteiger partial charge is 0.308 e. The number of aliphatic hydroxyl groups excluding tert-OH is 9. The lowest BCUT2D eigenvalue weighted by Gasteiger charge is -2.48. The summed E-state index contributed by atoms with van der Waals surface area (Å²) in [6.45, 7) is 11.0. The second kappa shape index (κ2) is 37.6. The number of unbranched alkanes of at least 4 members (excludes halogenated alkanes) is 3. The van der Waals surface area contributed by atoms with E-state index in [0.29, 0.717) is 52.0 Å². The predicted octanol–water partition coefficient (Wildman–Crippen LogP) is 2.36. The molecule has 2 bridgehead atoms. The Labute approximate surface area is 469 Å². The number of esters is 1. The molecule has 3 rings (SSSR count). The lowest BCUT2D eigenvalue weighted by Crippen LogP contribution is -2.64. The third-order valence-corrected chi connectivity index (χ3v) is 15.0. The highest BCUT2D eigenvalue weighted by Gasteiger charge is 2.51. The van der Waals surface area contributed by atoms with Gasteiger partial charge in [-0.2, -0.15) is 0 Å². The number of amides is 1. The van der Waals surface area contributed by atoms with E-state index >= 15 is 0 Å². The molecule has 20 nitrogen and oxygen atoms in total. The summed E-state index contributed by atoms with van der Waals surface area (Å²) in [4.78, 5) is 28.8. The second-order valence-electron chi connectivity index (χ2n) is 21.8. The van der Waals surface area contributed by atoms with E-state index in [2.05, 4.69) is 12.2 Å². The minimum Gasteiger partial charge on any atom is -0.462 e. The fraction of sp³-hybridized carbons (Fsp3) is 0.729. The number of cyclic esters (lactones) is 1. The van der Waals surface area contributed by atoms with Crippen molar-refractivity contribution >= 4 is 11.9 Å². The summed E-state index contributed by atoms with van der Waals surface area (Å²) in [5, 5.41) is 116. The van der Waals surface area contributed by atoms with Gasteiger partial charge in [0.1, 0.15) is 12.2 Å². The first-order valence-electron chi connectivity index (χ1n) is 28.8. The molecule has 2 fully saturated rings. The van der Waals surface area contributed by atoms with E-state index in [0.717, 1.165) is 19.3 Å². The van der Waals surface area contributed by atoms with Crippen LogP contribution in [0.1, 0.15) is 125 Å². The van der Waals surface area contributed by atoms with E-state index in [9.17, 15) is 60.7 Å². The predicted molar refractivity (Wildman–Crippen MR) is 301 cm³/mol. The Kier molecular flexibility index (Phi) is 33.2. The maximum absolute atomic E-state index is 14.1. The number of allylic oxidation sites excluding steroid dienone is 12. The number of hydrogen-bond acceptors (Lipinski definition) is 19. The molecule has 3 aliphatic rings. The van der Waals surface area contributed by atoms with Crippen LogP contribution in [-0.2, 0) is 28.5 Å². The molecule has 0 aromatic carbocycles. The monoisotopic (exact) mass is 1120 g/mol. The third-order valence-electron chi connectivity index (χ3n) is 15.0. The average molecular weight is 1120 g/mol. The molecule has 0 aliphatic carbocycles. The van der Waals surface area contributed by atoms with Crippen LogP contribution in [0.4, 0.5) is 0 Å². The van der Waals surface area contributed by atoms with Crippen molar-refractivity contribution in [3.8, 4) is 0 Å². The van der Waals surface area contributed by atoms with Crippen molar-refractivity contribution in [1.29, 1.82) is 0 Å². The largest absolute Gasteiger partial charge is 0.462 e. The quantitative estimate of drug-likeness (QED) is 0.0827. The number of aliphatic hydroxyl groups is 10. The fourth-order valence-electron chi connectivity index (χ4n) is 10.2. The Hall–Kier alpha value is -3.52. The molecule has 19 atom stereocenters. The average Bonchev–Trinajstić information content (AvgIpc) is 3.40. The highest BCUT2D eigenvalue weighted by atomic mass is 16.7. The number of rotatable bonds is 15. The molecule has 79 heavy (non-hydrogen) atoms. The fourth-order valence-corrected chi connectivity index (χ4v) is 10.2. The zero-order chi connectivity index (χ0) is 58.5. The number of carbonyl (C=O) groups excluding carboxylic acids is 2. The summed E-state index contributed by atoms with van der Waals surface area (Å²) in [6, 6.07) is -0.840. The van der Waals surface area contributed by atoms with Crippen LogP contribution >= 0.6 is 0 Å². The molecule has 0 saturated carbocycles. The summed E-state index contributed by atoms with van der Waals surface area (Å²) >= 11 is 0. The van der Waals surface area contributed by atoms with E-state index in [-0.39, 0.29) is 31.6 Å². The molecule has 2 saturated heterocycles. The van der Waals surface area contributed by atoms with Gasteiger partial charge >= 0.3 is 5.97 Å². The molecule has 3 heterocycles. The maximum Gasteiger partial charge on any atom is 0.308 e. The summed E-state index contributed by atoms with van der Waals surface area (Å²) in [6.07, 6.45) is 10.1. The van der Waals surface area contributed by atoms with Crippen molar-refractivity contribution < 1.29 is 79.6 Å². The Morgan fingerprint density at radius 3 is 1.86 bits per heavy atom. The maximum atomic E-state index is 14.1. The Bertz CT molecular complexity index is 1930. The van der Waals surface area contributed by atoms with Crippen molar-refractivity contribution in [2.24, 2.45) is 29.2 Å². The van der Waals surface area contributed by atoms with Crippen LogP contribution in [0.2, 0.25) is 0 Å². The van der Waals surface area contributed by atoms with E-state index < -0.39 is 147 Å². The Balaban J connectivity index is 2.02. The summed E-state index contributed by atoms with van der Waals surface area (Å²) < 4.78 is 24.6. The van der Waals surface area contributed by atoms with Crippen molar-refractivity contribution in [2.75, 3.05) is 32.7 Å². The SMILES string of the molecule is CCCCCCNC(=O)[C@H]1[C@@H]2C[C@@H](OC3O[C@H](C)[C@@H](O)[C@H](N(CCCN)CCCN)[C@@H]3O)/C=C/C=C/C=C/C=C/C=C/C=C/C=C/[C@H](C)[C@@H](O)[C@@H](C)[C@H](C)OC(=O)C[C@H](O)C[C@H](O)CC[C@@H](O)[C@H](O)C[C@H](O)C[C@](O)(C[C@@H]1O)O2. The highest BCUT2D eigenvalue weighted by molar-refractivity contribution is 5.80. The van der Waals surface area contributed by atoms with Crippen LogP contribution in [0.5, 0.6) is 0 Å². The number of ether oxygens (including phenoxy) is 4. The van der Waals surface area contributed by atoms with Crippen LogP contribution in [-0.4, -0.2) is 198 Å². The van der Waals surface area contributed by atoms with Gasteiger partial charge in [-0.1, -0.05) is 125 Å². The number of fused-ring (bicyclic) bond motifs is 2. The second-order valence-corrected chi connectivity index (χ2v) is 21.8. The van der Waals surface area contributed by atoms with Crippen molar-refractivity contribution in [3.05, 3.63) is 85.1 Å². The van der Waals surface area contributed by atoms with Gasteiger partial charge in [0.2, 0.25) is 5.91 Å². The van der Waals surface area contributed by atoms with E-state index in [1.54, 1.807) is 51.2 Å². The first-order chi connectivity index (χ1) is 37.6. The molecule has 0 aromatic heterocycles. The molecule has 452 valence electrons. The number of carbonyl (C=O) groups is 2. The molecular formula is C59H100N4O16. The van der Waals surface area contributed by atoms with Crippen LogP contribution in [0.25, 0.3) is 0 Å². The standard InChI is InChI=1S/C59H100N4O16/c1-6-7-8-21-30-62-57(74)52-49(69)38-59(75)37-45(66)34-48(68)47(67)27-26-43(64)33-44(65)35-51(70)76-41(4)40(3)54(71)39(2)24-19-17-15-13-11-9-10-12-14-16-18-20-25-46(36-50(52)79-59)78-58-56(73)53(55(72)42(5)77-58)63(31-22-28-60)32-23-29-61/h9-20,24-25,39-50,52-56,58,64-69,71-73,75H,6-8,21-23,26-38,60-61H2,1-5H3,(H,62,74)/b10-9+,13-11+,14-12+,17-15+,18-16+,24-19+,25-20+/t39-,40-,41-,42+,43+,44+,45-,46-,47+,48+,49-,50-,52+,53-,54+,55+,56-,58?,59+/m0/s1. The van der Waals surface area contributed by atoms with Gasteiger partial charge in [0, 0.05) is 44.1 Å². The molecule has 20 heteroatoms. The van der Waals surface area contributed by atoms with Gasteiger partial charge in [-0.3, -0.25) is 14.5 Å². The molecule has 0 radical (unpaired) electrons. The number of nitrogens with one attached hydrogen (secondary N) is 1. The molecule has 1 unspecified atom stereocenters. The zero-order valence-electron chi connectivity index (χ0n) is 47.4. The molecule has 0 aromatic rings. The summed E-state index contributed by atoms with van der Waals surface area (Å²) in [5.74, 6) is -5.51. The van der Waals surface area contributed by atoms with Crippen molar-refractivity contribution in [2.45, 2.75) is 222 Å². The molecule has 1 amide bonds. The molecule has 0 spiro atoms. The van der Waals surface area contributed by atoms with Gasteiger partial charge in [0.25, 0.3) is 0 Å². The number of hydrogen-bond donors (Lipinski definition) is 13. The molecular weight excluding hydrogens is 1020 g/mol. The first kappa shape index (κ1) is 69.7. The van der Waals surface area contributed by atoms with Gasteiger partial charge in [0.15, 0.2) is 12.1 Å². The van der Waals surface area contributed by atoms with Crippen LogP contribution in [0.3, 0.4) is 0 Å². The topological polar surface area (TPSA) is 341 Å². The van der Waals surface area contributed by atoms with Crippen molar-refractivity contribution in [1.82, 2.24) is 10.2 Å². The number of nitrogens with zero attached hydrogens (tertiary/aromatic N) is 1. The molecule has 15 N–H and O–H groups in total. The molecule has 3 aliphatic heterocycles. The first-order valence-corrected chi connectivity index (χ1v) is 28.8. The minimum atomic E-state index is -2.27. The third kappa shape index (κ3) is 25.3. The lowest BCUT2D eigenvalue weighted by molar-refractivity contribution is -0.311.